The Bertz CT molecular complexity index is 768. The summed E-state index contributed by atoms with van der Waals surface area (Å²) in [6.07, 6.45) is 2.17. The Balaban J connectivity index is 2.03. The Morgan fingerprint density at radius 3 is 2.95 bits per heavy atom. The molecule has 0 bridgehead atoms. The van der Waals surface area contributed by atoms with Crippen LogP contribution in [0.5, 0.6) is 0 Å². The molecule has 2 unspecified atom stereocenters. The molecule has 1 aromatic heterocycles. The second-order valence-electron chi connectivity index (χ2n) is 5.45. The summed E-state index contributed by atoms with van der Waals surface area (Å²) < 4.78 is 6.00. The summed E-state index contributed by atoms with van der Waals surface area (Å²) in [5, 5.41) is 12.8. The van der Waals surface area contributed by atoms with Crippen molar-refractivity contribution in [1.29, 1.82) is 0 Å². The molecule has 1 aliphatic rings. The maximum absolute atomic E-state index is 12.3. The highest BCUT2D eigenvalue weighted by molar-refractivity contribution is 5.92. The van der Waals surface area contributed by atoms with E-state index in [-0.39, 0.29) is 17.8 Å². The van der Waals surface area contributed by atoms with Gasteiger partial charge < -0.3 is 20.1 Å². The van der Waals surface area contributed by atoms with Gasteiger partial charge in [-0.25, -0.2) is 4.79 Å². The topological polar surface area (TPSA) is 91.4 Å². The average Bonchev–Trinajstić information content (AvgIpc) is 2.54. The molecule has 2 atom stereocenters. The first-order valence-corrected chi connectivity index (χ1v) is 7.35. The molecule has 6 nitrogen and oxygen atoms in total. The first-order chi connectivity index (χ1) is 10.6. The van der Waals surface area contributed by atoms with E-state index < -0.39 is 11.4 Å². The van der Waals surface area contributed by atoms with Crippen LogP contribution in [0.2, 0.25) is 0 Å². The smallest absolute Gasteiger partial charge is 0.341 e. The third kappa shape index (κ3) is 2.63. The van der Waals surface area contributed by atoms with Crippen molar-refractivity contribution in [3.63, 3.8) is 0 Å². The van der Waals surface area contributed by atoms with Crippen molar-refractivity contribution in [3.05, 3.63) is 45.7 Å². The Hall–Kier alpha value is -2.18. The average molecular weight is 302 g/mol. The van der Waals surface area contributed by atoms with Crippen LogP contribution in [-0.2, 0) is 4.74 Å². The zero-order valence-electron chi connectivity index (χ0n) is 12.3. The van der Waals surface area contributed by atoms with Gasteiger partial charge >= 0.3 is 5.97 Å². The van der Waals surface area contributed by atoms with Crippen molar-refractivity contribution < 1.29 is 14.6 Å². The number of ether oxygens (including phenoxy) is 1. The van der Waals surface area contributed by atoms with Crippen molar-refractivity contribution in [2.45, 2.75) is 25.6 Å². The van der Waals surface area contributed by atoms with E-state index in [1.165, 1.54) is 6.20 Å². The zero-order valence-corrected chi connectivity index (χ0v) is 12.3. The van der Waals surface area contributed by atoms with Crippen LogP contribution in [0.3, 0.4) is 0 Å². The summed E-state index contributed by atoms with van der Waals surface area (Å²) in [4.78, 5) is 26.2. The molecule has 116 valence electrons. The highest BCUT2D eigenvalue weighted by atomic mass is 16.5. The first-order valence-electron chi connectivity index (χ1n) is 7.35. The number of carboxylic acid groups (broad SMARTS) is 1. The van der Waals surface area contributed by atoms with Gasteiger partial charge in [0.15, 0.2) is 0 Å². The molecule has 0 saturated carbocycles. The maximum Gasteiger partial charge on any atom is 0.341 e. The number of carboxylic acids is 1. The minimum Gasteiger partial charge on any atom is -0.477 e. The van der Waals surface area contributed by atoms with Crippen LogP contribution in [0.1, 0.15) is 35.4 Å². The number of hydrogen-bond acceptors (Lipinski definition) is 4. The monoisotopic (exact) mass is 302 g/mol. The predicted molar refractivity (Wildman–Crippen MR) is 82.3 cm³/mol. The van der Waals surface area contributed by atoms with E-state index in [4.69, 9.17) is 9.84 Å². The lowest BCUT2D eigenvalue weighted by Gasteiger charge is -2.30. The molecule has 3 rings (SSSR count). The molecule has 6 heteroatoms. The van der Waals surface area contributed by atoms with Gasteiger partial charge in [0.2, 0.25) is 5.43 Å². The van der Waals surface area contributed by atoms with E-state index in [1.54, 1.807) is 12.1 Å². The quantitative estimate of drug-likeness (QED) is 0.802. The van der Waals surface area contributed by atoms with Crippen molar-refractivity contribution in [2.75, 3.05) is 13.1 Å². The summed E-state index contributed by atoms with van der Waals surface area (Å²) in [5.41, 5.74) is 0.776. The van der Waals surface area contributed by atoms with Gasteiger partial charge in [0.1, 0.15) is 5.56 Å². The molecule has 0 amide bonds. The van der Waals surface area contributed by atoms with Crippen LogP contribution in [0.25, 0.3) is 10.9 Å². The molecular weight excluding hydrogens is 284 g/mol. The van der Waals surface area contributed by atoms with Crippen LogP contribution in [-0.4, -0.2) is 35.3 Å². The molecule has 2 aromatic rings. The number of aromatic nitrogens is 1. The van der Waals surface area contributed by atoms with E-state index in [2.05, 4.69) is 17.2 Å². The van der Waals surface area contributed by atoms with E-state index >= 15 is 0 Å². The van der Waals surface area contributed by atoms with Crippen LogP contribution >= 0.6 is 0 Å². The Morgan fingerprint density at radius 1 is 1.41 bits per heavy atom. The number of H-pyrrole nitrogens is 1. The molecule has 22 heavy (non-hydrogen) atoms. The second-order valence-corrected chi connectivity index (χ2v) is 5.45. The molecule has 1 saturated heterocycles. The number of hydrogen-bond donors (Lipinski definition) is 3. The fourth-order valence-corrected chi connectivity index (χ4v) is 2.74. The van der Waals surface area contributed by atoms with Gasteiger partial charge in [-0.3, -0.25) is 4.79 Å². The fraction of sp³-hybridized carbons (Fsp3) is 0.375. The summed E-state index contributed by atoms with van der Waals surface area (Å²) >= 11 is 0. The number of morpholine rings is 1. The van der Waals surface area contributed by atoms with E-state index in [1.807, 2.05) is 6.07 Å². The van der Waals surface area contributed by atoms with E-state index in [0.29, 0.717) is 17.4 Å². The number of aromatic carboxylic acids is 1. The van der Waals surface area contributed by atoms with Crippen LogP contribution < -0.4 is 10.7 Å². The Kier molecular flexibility index (Phi) is 3.96. The van der Waals surface area contributed by atoms with Gasteiger partial charge in [-0.2, -0.15) is 0 Å². The first kappa shape index (κ1) is 14.7. The zero-order chi connectivity index (χ0) is 15.7. The largest absolute Gasteiger partial charge is 0.477 e. The number of benzene rings is 1. The van der Waals surface area contributed by atoms with Crippen molar-refractivity contribution >= 4 is 16.9 Å². The van der Waals surface area contributed by atoms with Gasteiger partial charge in [0.25, 0.3) is 0 Å². The number of carbonyl (C=O) groups is 1. The van der Waals surface area contributed by atoms with Gasteiger partial charge in [-0.15, -0.1) is 0 Å². The number of nitrogens with one attached hydrogen (secondary N) is 2. The van der Waals surface area contributed by atoms with E-state index in [9.17, 15) is 9.59 Å². The number of pyridine rings is 1. The normalized spacial score (nSPS) is 21.9. The molecule has 0 spiro atoms. The molecule has 1 fully saturated rings. The summed E-state index contributed by atoms with van der Waals surface area (Å²) in [7, 11) is 0. The van der Waals surface area contributed by atoms with Gasteiger partial charge in [0, 0.05) is 30.2 Å². The second kappa shape index (κ2) is 5.90. The maximum atomic E-state index is 12.3. The van der Waals surface area contributed by atoms with E-state index in [0.717, 1.165) is 18.5 Å². The molecule has 1 aliphatic heterocycles. The predicted octanol–water partition coefficient (Wildman–Crippen LogP) is 1.67. The fourth-order valence-electron chi connectivity index (χ4n) is 2.74. The number of fused-ring (bicyclic) bond motifs is 1. The van der Waals surface area contributed by atoms with Gasteiger partial charge in [0.05, 0.1) is 12.2 Å². The summed E-state index contributed by atoms with van der Waals surface area (Å²) in [5.74, 6) is -1.23. The molecule has 3 N–H and O–H groups in total. The molecule has 0 aliphatic carbocycles. The lowest BCUT2D eigenvalue weighted by Crippen LogP contribution is -2.40. The summed E-state index contributed by atoms with van der Waals surface area (Å²) in [6.45, 7) is 3.57. The third-order valence-corrected chi connectivity index (χ3v) is 4.02. The van der Waals surface area contributed by atoms with Crippen molar-refractivity contribution in [1.82, 2.24) is 10.3 Å². The molecular formula is C16H18N2O4. The lowest BCUT2D eigenvalue weighted by atomic mass is 10.0. The van der Waals surface area contributed by atoms with Crippen molar-refractivity contribution in [3.8, 4) is 0 Å². The van der Waals surface area contributed by atoms with Gasteiger partial charge in [-0.05, 0) is 24.1 Å². The Labute approximate surface area is 127 Å². The molecule has 2 heterocycles. The van der Waals surface area contributed by atoms with Gasteiger partial charge in [-0.1, -0.05) is 13.0 Å². The van der Waals surface area contributed by atoms with Crippen LogP contribution in [0.15, 0.2) is 29.2 Å². The number of rotatable bonds is 3. The van der Waals surface area contributed by atoms with Crippen LogP contribution in [0.4, 0.5) is 0 Å². The minimum atomic E-state index is -1.23. The Morgan fingerprint density at radius 2 is 2.23 bits per heavy atom. The standard InChI is InChI=1S/C16H18N2O4/c1-2-10-6-17-8-14(22-10)9-3-4-13-11(5-9)15(19)12(7-18-13)16(20)21/h3-5,7,10,14,17H,2,6,8H2,1H3,(H,18,19)(H,20,21). The van der Waals surface area contributed by atoms with Crippen molar-refractivity contribution in [2.24, 2.45) is 0 Å². The minimum absolute atomic E-state index is 0.129. The highest BCUT2D eigenvalue weighted by Gasteiger charge is 2.23. The number of aromatic amines is 1. The molecule has 0 radical (unpaired) electrons. The highest BCUT2D eigenvalue weighted by Crippen LogP contribution is 2.24. The third-order valence-electron chi connectivity index (χ3n) is 4.02. The van der Waals surface area contributed by atoms with Crippen LogP contribution in [0, 0.1) is 0 Å². The lowest BCUT2D eigenvalue weighted by molar-refractivity contribution is -0.0399. The summed E-state index contributed by atoms with van der Waals surface area (Å²) in [6, 6.07) is 5.42. The SMILES string of the molecule is CCC1CNCC(c2ccc3[nH]cc(C(=O)O)c(=O)c3c2)O1. The molecule has 1 aromatic carbocycles.